The van der Waals surface area contributed by atoms with Crippen molar-refractivity contribution in [1.82, 2.24) is 13.8 Å². The van der Waals surface area contributed by atoms with E-state index >= 15 is 0 Å². The van der Waals surface area contributed by atoms with Gasteiger partial charge in [-0.1, -0.05) is 17.4 Å². The van der Waals surface area contributed by atoms with Crippen LogP contribution in [0, 0.1) is 6.92 Å². The Bertz CT molecular complexity index is 1000. The maximum Gasteiger partial charge on any atom is 0.307 e. The van der Waals surface area contributed by atoms with Gasteiger partial charge in [-0.05, 0) is 55.9 Å². The molecule has 1 aromatic heterocycles. The average Bonchev–Trinajstić information content (AvgIpc) is 3.04. The van der Waals surface area contributed by atoms with Crippen molar-refractivity contribution >= 4 is 21.4 Å². The van der Waals surface area contributed by atoms with Crippen molar-refractivity contribution in [3.05, 3.63) is 50.1 Å². The van der Waals surface area contributed by atoms with E-state index < -0.39 is 10.0 Å². The number of sulfonamides is 1. The van der Waals surface area contributed by atoms with Gasteiger partial charge in [-0.15, -0.1) is 0 Å². The molecule has 2 aliphatic rings. The summed E-state index contributed by atoms with van der Waals surface area (Å²) < 4.78 is 29.6. The Morgan fingerprint density at radius 3 is 2.39 bits per heavy atom. The number of benzene rings is 1. The third kappa shape index (κ3) is 3.96. The highest BCUT2D eigenvalue weighted by Crippen LogP contribution is 2.26. The summed E-state index contributed by atoms with van der Waals surface area (Å²) >= 11 is 1.23. The van der Waals surface area contributed by atoms with Crippen LogP contribution in [0.4, 0.5) is 0 Å². The highest BCUT2D eigenvalue weighted by Gasteiger charge is 2.29. The second-order valence-corrected chi connectivity index (χ2v) is 10.4. The molecule has 0 spiro atoms. The Hall–Kier alpha value is -1.48. The van der Waals surface area contributed by atoms with Crippen LogP contribution >= 0.6 is 11.3 Å². The third-order valence-electron chi connectivity index (χ3n) is 5.91. The van der Waals surface area contributed by atoms with Crippen LogP contribution in [0.25, 0.3) is 0 Å². The molecular formula is C20H27N3O3S2. The number of aromatic nitrogens is 1. The molecule has 6 nitrogen and oxygen atoms in total. The molecule has 0 amide bonds. The molecule has 1 saturated heterocycles. The zero-order valence-corrected chi connectivity index (χ0v) is 17.9. The van der Waals surface area contributed by atoms with Crippen molar-refractivity contribution in [2.24, 2.45) is 0 Å². The number of piperazine rings is 1. The second-order valence-electron chi connectivity index (χ2n) is 7.68. The summed E-state index contributed by atoms with van der Waals surface area (Å²) in [6, 6.07) is 5.66. The molecule has 0 atom stereocenters. The first kappa shape index (κ1) is 19.8. The van der Waals surface area contributed by atoms with Crippen molar-refractivity contribution in [1.29, 1.82) is 0 Å². The molecule has 0 N–H and O–H groups in total. The van der Waals surface area contributed by atoms with E-state index in [9.17, 15) is 13.2 Å². The maximum absolute atomic E-state index is 13.1. The summed E-state index contributed by atoms with van der Waals surface area (Å²) in [5, 5.41) is 1.88. The predicted octanol–water partition coefficient (Wildman–Crippen LogP) is 2.10. The van der Waals surface area contributed by atoms with Gasteiger partial charge in [-0.25, -0.2) is 8.42 Å². The number of fused-ring (bicyclic) bond motifs is 1. The van der Waals surface area contributed by atoms with Crippen molar-refractivity contribution in [2.75, 3.05) is 32.7 Å². The smallest absolute Gasteiger partial charge is 0.302 e. The van der Waals surface area contributed by atoms with Gasteiger partial charge in [0.15, 0.2) is 0 Å². The summed E-state index contributed by atoms with van der Waals surface area (Å²) in [4.78, 5) is 14.6. The van der Waals surface area contributed by atoms with Gasteiger partial charge >= 0.3 is 4.87 Å². The SMILES string of the molecule is Cc1csc(=O)n1CCN1CCN(S(=O)(=O)c2ccc3c(c2)CCCC3)CC1. The van der Waals surface area contributed by atoms with Gasteiger partial charge in [0.05, 0.1) is 4.90 Å². The third-order valence-corrected chi connectivity index (χ3v) is 8.68. The molecule has 0 saturated carbocycles. The largest absolute Gasteiger partial charge is 0.307 e. The second kappa shape index (κ2) is 8.10. The zero-order chi connectivity index (χ0) is 19.7. The summed E-state index contributed by atoms with van der Waals surface area (Å²) in [5.41, 5.74) is 3.49. The number of rotatable bonds is 5. The van der Waals surface area contributed by atoms with Gasteiger partial charge in [-0.3, -0.25) is 9.69 Å². The van der Waals surface area contributed by atoms with Crippen LogP contribution in [0.15, 0.2) is 33.3 Å². The van der Waals surface area contributed by atoms with E-state index in [1.807, 2.05) is 24.4 Å². The molecule has 0 unspecified atom stereocenters. The Kier molecular flexibility index (Phi) is 5.73. The lowest BCUT2D eigenvalue weighted by Crippen LogP contribution is -2.49. The van der Waals surface area contributed by atoms with Gasteiger partial charge in [0.1, 0.15) is 0 Å². The molecule has 2 aromatic rings. The lowest BCUT2D eigenvalue weighted by molar-refractivity contribution is 0.182. The molecule has 0 bridgehead atoms. The van der Waals surface area contributed by atoms with Gasteiger partial charge in [-0.2, -0.15) is 4.31 Å². The standard InChI is InChI=1S/C20H27N3O3S2/c1-16-15-27-20(24)23(16)13-10-21-8-11-22(12-9-21)28(25,26)19-7-6-17-4-2-3-5-18(17)14-19/h6-7,14-15H,2-5,8-13H2,1H3. The minimum absolute atomic E-state index is 0.0751. The molecule has 152 valence electrons. The van der Waals surface area contributed by atoms with E-state index in [4.69, 9.17) is 0 Å². The fraction of sp³-hybridized carbons (Fsp3) is 0.550. The molecule has 8 heteroatoms. The first-order valence-corrected chi connectivity index (χ1v) is 12.3. The first-order valence-electron chi connectivity index (χ1n) is 9.94. The van der Waals surface area contributed by atoms with Crippen LogP contribution in [0.1, 0.15) is 29.7 Å². The number of thiazole rings is 1. The summed E-state index contributed by atoms with van der Waals surface area (Å²) in [7, 11) is -3.44. The quantitative estimate of drug-likeness (QED) is 0.742. The van der Waals surface area contributed by atoms with E-state index in [-0.39, 0.29) is 4.87 Å². The Labute approximate surface area is 170 Å². The Balaban J connectivity index is 1.38. The lowest BCUT2D eigenvalue weighted by atomic mass is 9.92. The van der Waals surface area contributed by atoms with Crippen LogP contribution in [-0.2, 0) is 29.4 Å². The topological polar surface area (TPSA) is 62.6 Å². The molecule has 2 heterocycles. The number of nitrogens with zero attached hydrogens (tertiary/aromatic N) is 3. The molecule has 1 aromatic carbocycles. The van der Waals surface area contributed by atoms with Gasteiger partial charge in [0.2, 0.25) is 10.0 Å². The normalized spacial score (nSPS) is 18.9. The van der Waals surface area contributed by atoms with Crippen LogP contribution in [0.5, 0.6) is 0 Å². The highest BCUT2D eigenvalue weighted by atomic mass is 32.2. The molecule has 1 aliphatic carbocycles. The number of hydrogen-bond donors (Lipinski definition) is 0. The van der Waals surface area contributed by atoms with E-state index in [0.29, 0.717) is 37.6 Å². The average molecular weight is 422 g/mol. The maximum atomic E-state index is 13.1. The fourth-order valence-corrected chi connectivity index (χ4v) is 6.36. The van der Waals surface area contributed by atoms with Gasteiger partial charge < -0.3 is 4.57 Å². The summed E-state index contributed by atoms with van der Waals surface area (Å²) in [5.74, 6) is 0. The van der Waals surface area contributed by atoms with Crippen molar-refractivity contribution in [3.8, 4) is 0 Å². The van der Waals surface area contributed by atoms with Crippen molar-refractivity contribution in [2.45, 2.75) is 44.0 Å². The fourth-order valence-electron chi connectivity index (χ4n) is 4.13. The number of hydrogen-bond acceptors (Lipinski definition) is 5. The van der Waals surface area contributed by atoms with Crippen LogP contribution in [0.3, 0.4) is 0 Å². The minimum atomic E-state index is -3.44. The van der Waals surface area contributed by atoms with Gasteiger partial charge in [0, 0.05) is 50.3 Å². The minimum Gasteiger partial charge on any atom is -0.302 e. The van der Waals surface area contributed by atoms with E-state index in [1.165, 1.54) is 28.9 Å². The van der Waals surface area contributed by atoms with Crippen LogP contribution in [0.2, 0.25) is 0 Å². The molecule has 4 rings (SSSR count). The van der Waals surface area contributed by atoms with Crippen LogP contribution < -0.4 is 4.87 Å². The molecule has 0 radical (unpaired) electrons. The zero-order valence-electron chi connectivity index (χ0n) is 16.3. The van der Waals surface area contributed by atoms with Crippen LogP contribution in [-0.4, -0.2) is 54.9 Å². The predicted molar refractivity (Wildman–Crippen MR) is 112 cm³/mol. The Morgan fingerprint density at radius 1 is 1.00 bits per heavy atom. The Morgan fingerprint density at radius 2 is 1.71 bits per heavy atom. The van der Waals surface area contributed by atoms with Crippen molar-refractivity contribution in [3.63, 3.8) is 0 Å². The monoisotopic (exact) mass is 421 g/mol. The van der Waals surface area contributed by atoms with E-state index in [1.54, 1.807) is 14.9 Å². The van der Waals surface area contributed by atoms with Crippen molar-refractivity contribution < 1.29 is 8.42 Å². The number of aryl methyl sites for hydroxylation is 3. The molecule has 28 heavy (non-hydrogen) atoms. The highest BCUT2D eigenvalue weighted by molar-refractivity contribution is 7.89. The van der Waals surface area contributed by atoms with E-state index in [2.05, 4.69) is 4.90 Å². The lowest BCUT2D eigenvalue weighted by Gasteiger charge is -2.34. The molecular weight excluding hydrogens is 394 g/mol. The molecule has 1 fully saturated rings. The first-order chi connectivity index (χ1) is 13.4. The van der Waals surface area contributed by atoms with E-state index in [0.717, 1.165) is 31.5 Å². The summed E-state index contributed by atoms with van der Waals surface area (Å²) in [6.45, 7) is 5.76. The van der Waals surface area contributed by atoms with Gasteiger partial charge in [0.25, 0.3) is 0 Å². The molecule has 1 aliphatic heterocycles. The summed E-state index contributed by atoms with van der Waals surface area (Å²) in [6.07, 6.45) is 4.37.